The minimum atomic E-state index is -0.0356. The number of fused-ring (bicyclic) bond motifs is 4. The fraction of sp³-hybridized carbons (Fsp3) is 0.550. The van der Waals surface area contributed by atoms with Crippen molar-refractivity contribution in [3.8, 4) is 0 Å². The molecule has 0 unspecified atom stereocenters. The van der Waals surface area contributed by atoms with Gasteiger partial charge in [0.05, 0.1) is 11.1 Å². The Labute approximate surface area is 162 Å². The number of amides is 1. The molecule has 3 fully saturated rings. The van der Waals surface area contributed by atoms with E-state index in [9.17, 15) is 4.79 Å². The average Bonchev–Trinajstić information content (AvgIpc) is 2.92. The number of nitrogens with one attached hydrogen (secondary N) is 1. The van der Waals surface area contributed by atoms with Crippen LogP contribution in [0.25, 0.3) is 10.9 Å². The molecule has 0 aliphatic heterocycles. The van der Waals surface area contributed by atoms with E-state index in [2.05, 4.69) is 21.2 Å². The van der Waals surface area contributed by atoms with Crippen molar-refractivity contribution in [2.75, 3.05) is 6.54 Å². The van der Waals surface area contributed by atoms with Crippen LogP contribution in [0, 0.1) is 11.3 Å². The third kappa shape index (κ3) is 3.02. The number of hydrogen-bond acceptors (Lipinski definition) is 1. The zero-order chi connectivity index (χ0) is 17.6. The lowest BCUT2D eigenvalue weighted by molar-refractivity contribution is 0.0598. The second kappa shape index (κ2) is 6.62. The topological polar surface area (TPSA) is 34.0 Å². The Morgan fingerprint density at radius 2 is 2.00 bits per heavy atom. The highest BCUT2D eigenvalue weighted by Gasteiger charge is 2.40. The molecule has 0 saturated heterocycles. The quantitative estimate of drug-likeness (QED) is 0.664. The third-order valence-electron chi connectivity index (χ3n) is 6.38. The Morgan fingerprint density at radius 1 is 1.32 bits per heavy atom. The number of nitrogens with zero attached hydrogens (tertiary/aromatic N) is 1. The molecular formula is C20H24BrClN2O. The zero-order valence-corrected chi connectivity index (χ0v) is 16.9. The van der Waals surface area contributed by atoms with Gasteiger partial charge in [0, 0.05) is 22.9 Å². The lowest BCUT2D eigenvalue weighted by Crippen LogP contribution is -2.43. The van der Waals surface area contributed by atoms with Crippen molar-refractivity contribution in [3.63, 3.8) is 0 Å². The number of carbonyl (C=O) groups excluding carboxylic acids is 1. The predicted molar refractivity (Wildman–Crippen MR) is 106 cm³/mol. The van der Waals surface area contributed by atoms with E-state index >= 15 is 0 Å². The molecule has 1 heterocycles. The monoisotopic (exact) mass is 422 g/mol. The van der Waals surface area contributed by atoms with Crippen molar-refractivity contribution in [1.29, 1.82) is 0 Å². The lowest BCUT2D eigenvalue weighted by Gasteiger charge is -2.46. The molecular weight excluding hydrogens is 400 g/mol. The first-order valence-corrected chi connectivity index (χ1v) is 10.5. The van der Waals surface area contributed by atoms with Gasteiger partial charge in [-0.1, -0.05) is 33.6 Å². The molecule has 1 aromatic carbocycles. The molecule has 0 spiro atoms. The Balaban J connectivity index is 1.61. The molecule has 1 N–H and O–H groups in total. The molecule has 5 rings (SSSR count). The summed E-state index contributed by atoms with van der Waals surface area (Å²) in [6.07, 6.45) is 7.78. The van der Waals surface area contributed by atoms with E-state index in [-0.39, 0.29) is 5.91 Å². The summed E-state index contributed by atoms with van der Waals surface area (Å²) in [5.74, 6) is 0.902. The van der Waals surface area contributed by atoms with Gasteiger partial charge >= 0.3 is 0 Å². The number of benzene rings is 1. The predicted octanol–water partition coefficient (Wildman–Crippen LogP) is 5.78. The Bertz CT molecular complexity index is 807. The lowest BCUT2D eigenvalue weighted by atomic mass is 9.61. The van der Waals surface area contributed by atoms with Crippen molar-refractivity contribution in [1.82, 2.24) is 9.88 Å². The van der Waals surface area contributed by atoms with Gasteiger partial charge in [-0.15, -0.1) is 0 Å². The van der Waals surface area contributed by atoms with Crippen molar-refractivity contribution in [2.24, 2.45) is 11.3 Å². The van der Waals surface area contributed by atoms with Crippen LogP contribution in [0.1, 0.15) is 55.8 Å². The van der Waals surface area contributed by atoms with Crippen molar-refractivity contribution in [2.45, 2.75) is 52.0 Å². The van der Waals surface area contributed by atoms with Gasteiger partial charge in [0.1, 0.15) is 5.15 Å². The number of aryl methyl sites for hydroxylation is 1. The largest absolute Gasteiger partial charge is 0.351 e. The fourth-order valence-corrected chi connectivity index (χ4v) is 5.52. The molecule has 1 amide bonds. The summed E-state index contributed by atoms with van der Waals surface area (Å²) in [5.41, 5.74) is 1.94. The van der Waals surface area contributed by atoms with Gasteiger partial charge in [-0.2, -0.15) is 0 Å². The summed E-state index contributed by atoms with van der Waals surface area (Å²) in [4.78, 5) is 13.0. The van der Waals surface area contributed by atoms with E-state index in [1.165, 1.54) is 38.5 Å². The Hall–Kier alpha value is -1.000. The van der Waals surface area contributed by atoms with Crippen LogP contribution < -0.4 is 5.32 Å². The number of hydrogen-bond donors (Lipinski definition) is 1. The van der Waals surface area contributed by atoms with Crippen molar-refractivity contribution < 1.29 is 4.79 Å². The average molecular weight is 424 g/mol. The first-order chi connectivity index (χ1) is 12.0. The number of carbonyl (C=O) groups is 1. The molecule has 0 atom stereocenters. The van der Waals surface area contributed by atoms with Gasteiger partial charge < -0.3 is 9.88 Å². The number of rotatable bonds is 4. The first-order valence-electron chi connectivity index (χ1n) is 9.28. The van der Waals surface area contributed by atoms with E-state index in [0.29, 0.717) is 16.1 Å². The van der Waals surface area contributed by atoms with Crippen molar-refractivity contribution in [3.05, 3.63) is 33.4 Å². The maximum Gasteiger partial charge on any atom is 0.255 e. The standard InChI is InChI=1S/C20H24BrClN2O/c1-2-24-16-11-14(21)3-4-15(16)17(18(24)22)19(25)23-12-20-8-5-13(6-9-20)7-10-20/h3-4,11,13H,2,5-10,12H2,1H3,(H,23,25). The summed E-state index contributed by atoms with van der Waals surface area (Å²) in [6.45, 7) is 3.57. The van der Waals surface area contributed by atoms with E-state index in [0.717, 1.165) is 34.4 Å². The first kappa shape index (κ1) is 17.4. The molecule has 2 bridgehead atoms. The number of aromatic nitrogens is 1. The fourth-order valence-electron chi connectivity index (χ4n) is 4.78. The minimum Gasteiger partial charge on any atom is -0.351 e. The molecule has 2 aromatic rings. The zero-order valence-electron chi connectivity index (χ0n) is 14.6. The van der Waals surface area contributed by atoms with Crippen LogP contribution in [0.3, 0.4) is 0 Å². The van der Waals surface area contributed by atoms with Crippen LogP contribution in [0.15, 0.2) is 22.7 Å². The summed E-state index contributed by atoms with van der Waals surface area (Å²) < 4.78 is 2.99. The molecule has 1 aromatic heterocycles. The van der Waals surface area contributed by atoms with Gasteiger partial charge in [0.15, 0.2) is 0 Å². The third-order valence-corrected chi connectivity index (χ3v) is 7.27. The van der Waals surface area contributed by atoms with Gasteiger partial charge in [0.2, 0.25) is 0 Å². The normalized spacial score (nSPS) is 25.5. The second-order valence-electron chi connectivity index (χ2n) is 7.74. The van der Waals surface area contributed by atoms with E-state index in [1.807, 2.05) is 29.7 Å². The molecule has 25 heavy (non-hydrogen) atoms. The van der Waals surface area contributed by atoms with Gasteiger partial charge in [-0.25, -0.2) is 0 Å². The summed E-state index contributed by atoms with van der Waals surface area (Å²) in [5, 5.41) is 4.69. The van der Waals surface area contributed by atoms with Crippen LogP contribution >= 0.6 is 27.5 Å². The Morgan fingerprint density at radius 3 is 2.64 bits per heavy atom. The maximum atomic E-state index is 13.0. The summed E-state index contributed by atoms with van der Waals surface area (Å²) >= 11 is 10.1. The molecule has 3 aliphatic carbocycles. The van der Waals surface area contributed by atoms with Crippen LogP contribution in [0.4, 0.5) is 0 Å². The molecule has 3 saturated carbocycles. The van der Waals surface area contributed by atoms with E-state index < -0.39 is 0 Å². The maximum absolute atomic E-state index is 13.0. The molecule has 3 aliphatic rings. The molecule has 0 radical (unpaired) electrons. The summed E-state index contributed by atoms with van der Waals surface area (Å²) in [7, 11) is 0. The van der Waals surface area contributed by atoms with E-state index in [4.69, 9.17) is 11.6 Å². The number of halogens is 2. The molecule has 5 heteroatoms. The van der Waals surface area contributed by atoms with E-state index in [1.54, 1.807) is 0 Å². The molecule has 134 valence electrons. The molecule has 3 nitrogen and oxygen atoms in total. The minimum absolute atomic E-state index is 0.0356. The van der Waals surface area contributed by atoms with Crippen LogP contribution in [-0.4, -0.2) is 17.0 Å². The highest BCUT2D eigenvalue weighted by Crippen LogP contribution is 2.49. The highest BCUT2D eigenvalue weighted by atomic mass is 79.9. The Kier molecular flexibility index (Phi) is 4.61. The van der Waals surface area contributed by atoms with Gasteiger partial charge in [-0.3, -0.25) is 4.79 Å². The highest BCUT2D eigenvalue weighted by molar-refractivity contribution is 9.10. The SMILES string of the molecule is CCn1c(Cl)c(C(=O)NCC23CCC(CC2)CC3)c2ccc(Br)cc21. The second-order valence-corrected chi connectivity index (χ2v) is 9.01. The van der Waals surface area contributed by atoms with Gasteiger partial charge in [0.25, 0.3) is 5.91 Å². The van der Waals surface area contributed by atoms with Crippen molar-refractivity contribution >= 4 is 44.3 Å². The van der Waals surface area contributed by atoms with Crippen LogP contribution in [-0.2, 0) is 6.54 Å². The smallest absolute Gasteiger partial charge is 0.255 e. The summed E-state index contributed by atoms with van der Waals surface area (Å²) in [6, 6.07) is 5.98. The van der Waals surface area contributed by atoms with Crippen LogP contribution in [0.2, 0.25) is 5.15 Å². The van der Waals surface area contributed by atoms with Gasteiger partial charge in [-0.05, 0) is 68.9 Å². The van der Waals surface area contributed by atoms with Crippen LogP contribution in [0.5, 0.6) is 0 Å².